The van der Waals surface area contributed by atoms with Gasteiger partial charge in [0.15, 0.2) is 5.76 Å². The Hall–Kier alpha value is -3.42. The predicted molar refractivity (Wildman–Crippen MR) is 120 cm³/mol. The lowest BCUT2D eigenvalue weighted by molar-refractivity contribution is -0.142. The second-order valence-electron chi connectivity index (χ2n) is 8.70. The van der Waals surface area contributed by atoms with Gasteiger partial charge in [0, 0.05) is 45.6 Å². The summed E-state index contributed by atoms with van der Waals surface area (Å²) in [4.78, 5) is 56.9. The Balaban J connectivity index is 1.54. The Morgan fingerprint density at radius 3 is 2.39 bits per heavy atom. The van der Waals surface area contributed by atoms with Crippen LogP contribution in [0.1, 0.15) is 47.9 Å². The van der Waals surface area contributed by atoms with Gasteiger partial charge in [0.2, 0.25) is 17.7 Å². The van der Waals surface area contributed by atoms with E-state index in [9.17, 15) is 19.2 Å². The molecule has 1 aromatic heterocycles. The SMILES string of the molecule is CCN1C(=O)CC(CC(=O)N2CCCN(C(=O)c3ccco3)CC2)(c2ccccc2C)C1=O. The summed E-state index contributed by atoms with van der Waals surface area (Å²) >= 11 is 0. The maximum Gasteiger partial charge on any atom is 0.289 e. The number of aryl methyl sites for hydroxylation is 1. The number of benzene rings is 1. The summed E-state index contributed by atoms with van der Waals surface area (Å²) in [5, 5.41) is 0. The van der Waals surface area contributed by atoms with Crippen molar-refractivity contribution in [1.82, 2.24) is 14.7 Å². The lowest BCUT2D eigenvalue weighted by atomic mass is 9.74. The van der Waals surface area contributed by atoms with Crippen molar-refractivity contribution in [2.45, 2.75) is 38.5 Å². The highest BCUT2D eigenvalue weighted by Crippen LogP contribution is 2.41. The monoisotopic (exact) mass is 451 g/mol. The molecule has 2 aliphatic heterocycles. The summed E-state index contributed by atoms with van der Waals surface area (Å²) in [6, 6.07) is 10.8. The number of furan rings is 1. The molecule has 1 atom stereocenters. The first kappa shape index (κ1) is 22.8. The van der Waals surface area contributed by atoms with Crippen molar-refractivity contribution in [1.29, 1.82) is 0 Å². The molecule has 1 unspecified atom stereocenters. The Kier molecular flexibility index (Phi) is 6.35. The van der Waals surface area contributed by atoms with Crippen molar-refractivity contribution in [3.8, 4) is 0 Å². The molecule has 174 valence electrons. The Morgan fingerprint density at radius 2 is 1.73 bits per heavy atom. The fourth-order valence-corrected chi connectivity index (χ4v) is 4.97. The van der Waals surface area contributed by atoms with Gasteiger partial charge in [-0.2, -0.15) is 0 Å². The molecule has 4 amide bonds. The highest BCUT2D eigenvalue weighted by molar-refractivity contribution is 6.11. The molecular formula is C25H29N3O5. The maximum atomic E-state index is 13.5. The molecule has 2 saturated heterocycles. The Labute approximate surface area is 193 Å². The minimum Gasteiger partial charge on any atom is -0.459 e. The summed E-state index contributed by atoms with van der Waals surface area (Å²) in [5.41, 5.74) is 0.429. The van der Waals surface area contributed by atoms with Crippen LogP contribution in [0.2, 0.25) is 0 Å². The second kappa shape index (κ2) is 9.21. The standard InChI is InChI=1S/C25H29N3O5/c1-3-28-22(30)17-25(24(28)32,19-9-5-4-8-18(19)2)16-21(29)26-11-7-12-27(14-13-26)23(31)20-10-6-15-33-20/h4-6,8-10,15H,3,7,11-14,16-17H2,1-2H3. The van der Waals surface area contributed by atoms with E-state index in [1.54, 1.807) is 28.9 Å². The van der Waals surface area contributed by atoms with E-state index in [2.05, 4.69) is 0 Å². The van der Waals surface area contributed by atoms with Crippen LogP contribution < -0.4 is 0 Å². The molecule has 4 rings (SSSR count). The van der Waals surface area contributed by atoms with Crippen molar-refractivity contribution in [2.24, 2.45) is 0 Å². The van der Waals surface area contributed by atoms with E-state index < -0.39 is 5.41 Å². The predicted octanol–water partition coefficient (Wildman–Crippen LogP) is 2.37. The van der Waals surface area contributed by atoms with Crippen LogP contribution >= 0.6 is 0 Å². The fourth-order valence-electron chi connectivity index (χ4n) is 4.97. The number of imide groups is 1. The van der Waals surface area contributed by atoms with E-state index in [0.717, 1.165) is 11.1 Å². The molecule has 0 N–H and O–H groups in total. The van der Waals surface area contributed by atoms with Gasteiger partial charge in [0.25, 0.3) is 5.91 Å². The number of rotatable bonds is 5. The molecular weight excluding hydrogens is 422 g/mol. The third-order valence-electron chi connectivity index (χ3n) is 6.71. The molecule has 0 saturated carbocycles. The Bertz CT molecular complexity index is 1060. The summed E-state index contributed by atoms with van der Waals surface area (Å²) < 4.78 is 5.22. The summed E-state index contributed by atoms with van der Waals surface area (Å²) in [5.74, 6) is -0.639. The van der Waals surface area contributed by atoms with Gasteiger partial charge in [0.05, 0.1) is 11.7 Å². The first-order chi connectivity index (χ1) is 15.9. The molecule has 8 heteroatoms. The van der Waals surface area contributed by atoms with Crippen LogP contribution in [0.15, 0.2) is 47.1 Å². The van der Waals surface area contributed by atoms with Gasteiger partial charge in [-0.1, -0.05) is 24.3 Å². The number of hydrogen-bond donors (Lipinski definition) is 0. The van der Waals surface area contributed by atoms with Gasteiger partial charge in [0.1, 0.15) is 0 Å². The number of likely N-dealkylation sites (N-methyl/N-ethyl adjacent to an activating group) is 1. The molecule has 8 nitrogen and oxygen atoms in total. The van der Waals surface area contributed by atoms with Crippen LogP contribution in [-0.4, -0.2) is 71.1 Å². The van der Waals surface area contributed by atoms with Crippen LogP contribution in [0, 0.1) is 6.92 Å². The number of likely N-dealkylation sites (tertiary alicyclic amines) is 1. The molecule has 0 spiro atoms. The number of carbonyl (C=O) groups is 4. The van der Waals surface area contributed by atoms with Crippen LogP contribution in [0.3, 0.4) is 0 Å². The van der Waals surface area contributed by atoms with Crippen LogP contribution in [0.5, 0.6) is 0 Å². The molecule has 2 fully saturated rings. The largest absolute Gasteiger partial charge is 0.459 e. The second-order valence-corrected chi connectivity index (χ2v) is 8.70. The first-order valence-corrected chi connectivity index (χ1v) is 11.4. The normalized spacial score (nSPS) is 21.5. The highest BCUT2D eigenvalue weighted by Gasteiger charge is 2.54. The molecule has 33 heavy (non-hydrogen) atoms. The summed E-state index contributed by atoms with van der Waals surface area (Å²) in [6.07, 6.45) is 2.02. The number of carbonyl (C=O) groups excluding carboxylic acids is 4. The molecule has 2 aromatic rings. The average molecular weight is 452 g/mol. The molecule has 0 radical (unpaired) electrons. The molecule has 0 bridgehead atoms. The van der Waals surface area contributed by atoms with Gasteiger partial charge < -0.3 is 14.2 Å². The quantitative estimate of drug-likeness (QED) is 0.651. The van der Waals surface area contributed by atoms with Gasteiger partial charge in [-0.05, 0) is 43.5 Å². The molecule has 3 heterocycles. The van der Waals surface area contributed by atoms with Gasteiger partial charge in [-0.3, -0.25) is 24.1 Å². The van der Waals surface area contributed by atoms with Gasteiger partial charge >= 0.3 is 0 Å². The van der Waals surface area contributed by atoms with E-state index in [4.69, 9.17) is 4.42 Å². The number of nitrogens with zero attached hydrogens (tertiary/aromatic N) is 3. The average Bonchev–Trinajstić information content (AvgIpc) is 3.32. The maximum absolute atomic E-state index is 13.5. The van der Waals surface area contributed by atoms with E-state index in [-0.39, 0.29) is 48.8 Å². The summed E-state index contributed by atoms with van der Waals surface area (Å²) in [6.45, 7) is 5.72. The topological polar surface area (TPSA) is 91.1 Å². The summed E-state index contributed by atoms with van der Waals surface area (Å²) in [7, 11) is 0. The third kappa shape index (κ3) is 4.17. The molecule has 0 aliphatic carbocycles. The van der Waals surface area contributed by atoms with Gasteiger partial charge in [-0.15, -0.1) is 0 Å². The van der Waals surface area contributed by atoms with E-state index in [1.807, 2.05) is 31.2 Å². The lowest BCUT2D eigenvalue weighted by Crippen LogP contribution is -2.44. The first-order valence-electron chi connectivity index (χ1n) is 11.4. The zero-order valence-electron chi connectivity index (χ0n) is 19.1. The molecule has 1 aromatic carbocycles. The van der Waals surface area contributed by atoms with E-state index >= 15 is 0 Å². The highest BCUT2D eigenvalue weighted by atomic mass is 16.3. The smallest absolute Gasteiger partial charge is 0.289 e. The van der Waals surface area contributed by atoms with Crippen LogP contribution in [-0.2, 0) is 19.8 Å². The van der Waals surface area contributed by atoms with E-state index in [0.29, 0.717) is 32.6 Å². The van der Waals surface area contributed by atoms with Crippen molar-refractivity contribution < 1.29 is 23.6 Å². The van der Waals surface area contributed by atoms with Gasteiger partial charge in [-0.25, -0.2) is 0 Å². The van der Waals surface area contributed by atoms with Crippen LogP contribution in [0.25, 0.3) is 0 Å². The number of amides is 4. The van der Waals surface area contributed by atoms with Crippen molar-refractivity contribution in [2.75, 3.05) is 32.7 Å². The van der Waals surface area contributed by atoms with Crippen molar-refractivity contribution in [3.05, 3.63) is 59.5 Å². The zero-order valence-corrected chi connectivity index (χ0v) is 19.1. The van der Waals surface area contributed by atoms with E-state index in [1.165, 1.54) is 11.2 Å². The number of hydrogen-bond acceptors (Lipinski definition) is 5. The zero-order chi connectivity index (χ0) is 23.6. The molecule has 2 aliphatic rings. The Morgan fingerprint density at radius 1 is 1.00 bits per heavy atom. The minimum absolute atomic E-state index is 0.00673. The fraction of sp³-hybridized carbons (Fsp3) is 0.440. The van der Waals surface area contributed by atoms with Crippen LogP contribution in [0.4, 0.5) is 0 Å². The minimum atomic E-state index is -1.19. The third-order valence-corrected chi connectivity index (χ3v) is 6.71. The lowest BCUT2D eigenvalue weighted by Gasteiger charge is -2.31. The van der Waals surface area contributed by atoms with Crippen molar-refractivity contribution >= 4 is 23.6 Å². The van der Waals surface area contributed by atoms with Crippen molar-refractivity contribution in [3.63, 3.8) is 0 Å².